The summed E-state index contributed by atoms with van der Waals surface area (Å²) in [7, 11) is 0. The van der Waals surface area contributed by atoms with Crippen LogP contribution in [0.15, 0.2) is 4.52 Å². The molecule has 0 aliphatic heterocycles. The lowest BCUT2D eigenvalue weighted by molar-refractivity contribution is 0.0995. The Kier molecular flexibility index (Phi) is 3.85. The maximum atomic E-state index is 4.87. The van der Waals surface area contributed by atoms with Gasteiger partial charge in [-0.15, -0.1) is 0 Å². The molecule has 74 valence electrons. The topological polar surface area (TPSA) is 74.2 Å². The van der Waals surface area contributed by atoms with Crippen LogP contribution in [0.1, 0.15) is 32.0 Å². The second-order valence-corrected chi connectivity index (χ2v) is 3.35. The summed E-state index contributed by atoms with van der Waals surface area (Å²) in [6.07, 6.45) is 1.90. The van der Waals surface area contributed by atoms with Gasteiger partial charge in [-0.25, -0.2) is 5.90 Å². The minimum Gasteiger partial charge on any atom is -0.337 e. The molecule has 5 heteroatoms. The first-order chi connectivity index (χ1) is 6.22. The number of hydrogen-bond donors (Lipinski definition) is 1. The van der Waals surface area contributed by atoms with Gasteiger partial charge in [-0.2, -0.15) is 4.98 Å². The molecule has 0 bridgehead atoms. The summed E-state index contributed by atoms with van der Waals surface area (Å²) in [5.41, 5.74) is 0. The molecule has 0 spiro atoms. The minimum absolute atomic E-state index is 0.175. The van der Waals surface area contributed by atoms with Crippen molar-refractivity contribution >= 4 is 0 Å². The zero-order chi connectivity index (χ0) is 9.68. The van der Waals surface area contributed by atoms with Crippen molar-refractivity contribution in [3.63, 3.8) is 0 Å². The van der Waals surface area contributed by atoms with Gasteiger partial charge >= 0.3 is 0 Å². The molecule has 2 N–H and O–H groups in total. The van der Waals surface area contributed by atoms with Crippen molar-refractivity contribution in [3.05, 3.63) is 11.7 Å². The minimum atomic E-state index is 0.175. The van der Waals surface area contributed by atoms with Gasteiger partial charge in [0.15, 0.2) is 5.82 Å². The molecule has 1 rings (SSSR count). The molecule has 1 heterocycles. The average molecular weight is 185 g/mol. The van der Waals surface area contributed by atoms with Gasteiger partial charge in [0.25, 0.3) is 5.89 Å². The first-order valence-electron chi connectivity index (χ1n) is 4.35. The Labute approximate surface area is 77.2 Å². The molecule has 0 fully saturated rings. The normalized spacial score (nSPS) is 11.1. The van der Waals surface area contributed by atoms with E-state index in [2.05, 4.69) is 28.8 Å². The van der Waals surface area contributed by atoms with Crippen LogP contribution in [0.5, 0.6) is 0 Å². The Balaban J connectivity index is 2.39. The lowest BCUT2D eigenvalue weighted by Crippen LogP contribution is -1.99. The summed E-state index contributed by atoms with van der Waals surface area (Å²) in [5, 5.41) is 3.79. The van der Waals surface area contributed by atoms with E-state index in [-0.39, 0.29) is 6.61 Å². The molecule has 0 amide bonds. The van der Waals surface area contributed by atoms with E-state index < -0.39 is 0 Å². The number of aromatic nitrogens is 2. The van der Waals surface area contributed by atoms with Crippen molar-refractivity contribution in [1.82, 2.24) is 10.1 Å². The average Bonchev–Trinajstić information content (AvgIpc) is 2.50. The summed E-state index contributed by atoms with van der Waals surface area (Å²) < 4.78 is 4.87. The monoisotopic (exact) mass is 185 g/mol. The van der Waals surface area contributed by atoms with E-state index in [9.17, 15) is 0 Å². The molecule has 0 atom stereocenters. The number of aryl methyl sites for hydroxylation is 1. The van der Waals surface area contributed by atoms with E-state index in [0.29, 0.717) is 11.8 Å². The smallest absolute Gasteiger partial charge is 0.254 e. The summed E-state index contributed by atoms with van der Waals surface area (Å²) in [4.78, 5) is 8.46. The lowest BCUT2D eigenvalue weighted by atomic mass is 10.1. The Morgan fingerprint density at radius 2 is 2.31 bits per heavy atom. The van der Waals surface area contributed by atoms with Crippen molar-refractivity contribution in [2.75, 3.05) is 0 Å². The maximum Gasteiger partial charge on any atom is 0.254 e. The SMILES string of the molecule is CC(C)CCc1noc(CON)n1. The van der Waals surface area contributed by atoms with Crippen LogP contribution in [-0.2, 0) is 17.9 Å². The van der Waals surface area contributed by atoms with Crippen molar-refractivity contribution in [2.45, 2.75) is 33.3 Å². The standard InChI is InChI=1S/C8H15N3O2/c1-6(2)3-4-7-10-8(5-12-9)13-11-7/h6H,3-5,9H2,1-2H3. The Morgan fingerprint density at radius 1 is 1.54 bits per heavy atom. The first-order valence-corrected chi connectivity index (χ1v) is 4.35. The lowest BCUT2D eigenvalue weighted by Gasteiger charge is -1.98. The van der Waals surface area contributed by atoms with Crippen LogP contribution in [-0.4, -0.2) is 10.1 Å². The van der Waals surface area contributed by atoms with Gasteiger partial charge in [0.1, 0.15) is 6.61 Å². The molecule has 0 saturated carbocycles. The van der Waals surface area contributed by atoms with E-state index in [1.54, 1.807) is 0 Å². The summed E-state index contributed by atoms with van der Waals surface area (Å²) in [6.45, 7) is 4.49. The van der Waals surface area contributed by atoms with Gasteiger partial charge in [-0.05, 0) is 12.3 Å². The third-order valence-electron chi connectivity index (χ3n) is 1.66. The quantitative estimate of drug-likeness (QED) is 0.694. The Hall–Kier alpha value is -0.940. The summed E-state index contributed by atoms with van der Waals surface area (Å²) >= 11 is 0. The highest BCUT2D eigenvalue weighted by atomic mass is 16.6. The van der Waals surface area contributed by atoms with Crippen LogP contribution in [0, 0.1) is 5.92 Å². The van der Waals surface area contributed by atoms with E-state index in [4.69, 9.17) is 10.4 Å². The highest BCUT2D eigenvalue weighted by molar-refractivity contribution is 4.85. The van der Waals surface area contributed by atoms with Gasteiger partial charge in [0.05, 0.1) is 0 Å². The first kappa shape index (κ1) is 10.1. The highest BCUT2D eigenvalue weighted by Crippen LogP contribution is 2.06. The van der Waals surface area contributed by atoms with Crippen molar-refractivity contribution in [3.8, 4) is 0 Å². The molecule has 1 aromatic rings. The second-order valence-electron chi connectivity index (χ2n) is 3.35. The van der Waals surface area contributed by atoms with E-state index in [1.807, 2.05) is 0 Å². The van der Waals surface area contributed by atoms with Gasteiger partial charge in [0, 0.05) is 6.42 Å². The second kappa shape index (κ2) is 4.94. The van der Waals surface area contributed by atoms with Gasteiger partial charge in [0.2, 0.25) is 0 Å². The van der Waals surface area contributed by atoms with E-state index in [0.717, 1.165) is 18.7 Å². The molecule has 0 aliphatic carbocycles. The fourth-order valence-electron chi connectivity index (χ4n) is 0.939. The van der Waals surface area contributed by atoms with Crippen LogP contribution >= 0.6 is 0 Å². The molecule has 0 aliphatic rings. The number of rotatable bonds is 5. The molecular weight excluding hydrogens is 170 g/mol. The van der Waals surface area contributed by atoms with Crippen LogP contribution in [0.3, 0.4) is 0 Å². The van der Waals surface area contributed by atoms with Gasteiger partial charge in [-0.3, -0.25) is 4.84 Å². The molecule has 0 aromatic carbocycles. The largest absolute Gasteiger partial charge is 0.337 e. The van der Waals surface area contributed by atoms with Crippen LogP contribution in [0.2, 0.25) is 0 Å². The van der Waals surface area contributed by atoms with Crippen LogP contribution < -0.4 is 5.90 Å². The zero-order valence-corrected chi connectivity index (χ0v) is 7.99. The Morgan fingerprint density at radius 3 is 2.92 bits per heavy atom. The molecule has 0 saturated heterocycles. The fraction of sp³-hybridized carbons (Fsp3) is 0.750. The van der Waals surface area contributed by atoms with Gasteiger partial charge < -0.3 is 4.52 Å². The summed E-state index contributed by atoms with van der Waals surface area (Å²) in [5.74, 6) is 6.66. The van der Waals surface area contributed by atoms with Gasteiger partial charge in [-0.1, -0.05) is 19.0 Å². The fourth-order valence-corrected chi connectivity index (χ4v) is 0.939. The predicted molar refractivity (Wildman–Crippen MR) is 46.4 cm³/mol. The highest BCUT2D eigenvalue weighted by Gasteiger charge is 2.06. The zero-order valence-electron chi connectivity index (χ0n) is 7.99. The molecule has 13 heavy (non-hydrogen) atoms. The van der Waals surface area contributed by atoms with E-state index >= 15 is 0 Å². The van der Waals surface area contributed by atoms with Crippen LogP contribution in [0.25, 0.3) is 0 Å². The third kappa shape index (κ3) is 3.52. The summed E-state index contributed by atoms with van der Waals surface area (Å²) in [6, 6.07) is 0. The number of nitrogens with zero attached hydrogens (tertiary/aromatic N) is 2. The molecular formula is C8H15N3O2. The Bertz CT molecular complexity index is 247. The number of hydrogen-bond acceptors (Lipinski definition) is 5. The molecule has 5 nitrogen and oxygen atoms in total. The van der Waals surface area contributed by atoms with Crippen molar-refractivity contribution < 1.29 is 9.36 Å². The maximum absolute atomic E-state index is 4.87. The van der Waals surface area contributed by atoms with Crippen molar-refractivity contribution in [1.29, 1.82) is 0 Å². The molecule has 0 radical (unpaired) electrons. The molecule has 0 unspecified atom stereocenters. The number of nitrogens with two attached hydrogens (primary N) is 1. The molecule has 1 aromatic heterocycles. The van der Waals surface area contributed by atoms with Crippen molar-refractivity contribution in [2.24, 2.45) is 11.8 Å². The van der Waals surface area contributed by atoms with E-state index in [1.165, 1.54) is 0 Å². The third-order valence-corrected chi connectivity index (χ3v) is 1.66. The van der Waals surface area contributed by atoms with Crippen LogP contribution in [0.4, 0.5) is 0 Å². The predicted octanol–water partition coefficient (Wildman–Crippen LogP) is 1.05.